The van der Waals surface area contributed by atoms with E-state index in [1.165, 1.54) is 0 Å². The Balaban J connectivity index is 0.000000592. The van der Waals surface area contributed by atoms with Crippen molar-refractivity contribution in [2.45, 2.75) is 25.6 Å². The largest absolute Gasteiger partial charge is 0.493 e. The van der Waals surface area contributed by atoms with Gasteiger partial charge in [-0.05, 0) is 29.8 Å². The average Bonchev–Trinajstić information content (AvgIpc) is 2.72. The van der Waals surface area contributed by atoms with Crippen molar-refractivity contribution in [1.82, 2.24) is 5.32 Å². The molecule has 0 unspecified atom stereocenters. The lowest BCUT2D eigenvalue weighted by Gasteiger charge is -2.09. The lowest BCUT2D eigenvalue weighted by molar-refractivity contribution is -0.192. The van der Waals surface area contributed by atoms with Gasteiger partial charge in [-0.3, -0.25) is 4.79 Å². The number of alkyl halides is 3. The second-order valence-corrected chi connectivity index (χ2v) is 6.13. The standard InChI is InChI=1S/C19H23NO4.C2HF3O2/c21-19(22)10-11-20-15-16-6-4-9-18(14-16)24-13-5-12-23-17-7-2-1-3-8-17;3-2(4,5)1(6)7/h1-4,6-9,14,20H,5,10-13,15H2,(H,21,22);(H,6,7). The van der Waals surface area contributed by atoms with Gasteiger partial charge in [-0.15, -0.1) is 0 Å². The smallest absolute Gasteiger partial charge is 0.490 e. The second-order valence-electron chi connectivity index (χ2n) is 6.13. The Labute approximate surface area is 177 Å². The molecule has 0 spiro atoms. The van der Waals surface area contributed by atoms with Crippen LogP contribution >= 0.6 is 0 Å². The van der Waals surface area contributed by atoms with Crippen molar-refractivity contribution < 1.29 is 42.4 Å². The molecule has 0 heterocycles. The average molecular weight is 443 g/mol. The molecule has 0 aromatic heterocycles. The van der Waals surface area contributed by atoms with E-state index in [1.54, 1.807) is 0 Å². The Hall–Kier alpha value is -3.27. The van der Waals surface area contributed by atoms with Crippen molar-refractivity contribution >= 4 is 11.9 Å². The van der Waals surface area contributed by atoms with Crippen LogP contribution in [-0.4, -0.2) is 48.1 Å². The predicted octanol–water partition coefficient (Wildman–Crippen LogP) is 3.73. The molecule has 0 amide bonds. The molecule has 10 heteroatoms. The fourth-order valence-electron chi connectivity index (χ4n) is 2.13. The molecule has 0 fully saturated rings. The van der Waals surface area contributed by atoms with Gasteiger partial charge >= 0.3 is 18.1 Å². The number of rotatable bonds is 11. The van der Waals surface area contributed by atoms with Crippen molar-refractivity contribution in [3.05, 3.63) is 60.2 Å². The summed E-state index contributed by atoms with van der Waals surface area (Å²) in [5.41, 5.74) is 1.07. The summed E-state index contributed by atoms with van der Waals surface area (Å²) in [6.07, 6.45) is -4.16. The Morgan fingerprint density at radius 3 is 2.06 bits per heavy atom. The first kappa shape index (κ1) is 25.8. The summed E-state index contributed by atoms with van der Waals surface area (Å²) in [6, 6.07) is 17.5. The van der Waals surface area contributed by atoms with Gasteiger partial charge in [0.1, 0.15) is 11.5 Å². The Morgan fingerprint density at radius 1 is 0.903 bits per heavy atom. The minimum atomic E-state index is -5.08. The Kier molecular flexibility index (Phi) is 11.5. The number of benzene rings is 2. The van der Waals surface area contributed by atoms with Crippen LogP contribution in [0.15, 0.2) is 54.6 Å². The molecule has 0 aliphatic carbocycles. The van der Waals surface area contributed by atoms with E-state index in [9.17, 15) is 18.0 Å². The molecule has 2 rings (SSSR count). The number of hydrogen-bond donors (Lipinski definition) is 3. The number of aliphatic carboxylic acids is 2. The first-order valence-corrected chi connectivity index (χ1v) is 9.30. The number of carboxylic acids is 2. The number of hydrogen-bond acceptors (Lipinski definition) is 5. The molecule has 0 saturated heterocycles. The van der Waals surface area contributed by atoms with Crippen LogP contribution in [0.3, 0.4) is 0 Å². The number of nitrogens with one attached hydrogen (secondary N) is 1. The highest BCUT2D eigenvalue weighted by atomic mass is 19.4. The maximum absolute atomic E-state index is 10.6. The van der Waals surface area contributed by atoms with Gasteiger partial charge < -0.3 is 25.0 Å². The summed E-state index contributed by atoms with van der Waals surface area (Å²) in [5.74, 6) is -1.87. The molecule has 0 aliphatic rings. The predicted molar refractivity (Wildman–Crippen MR) is 106 cm³/mol. The van der Waals surface area contributed by atoms with Gasteiger partial charge in [0.25, 0.3) is 0 Å². The highest BCUT2D eigenvalue weighted by Gasteiger charge is 2.38. The fourth-order valence-corrected chi connectivity index (χ4v) is 2.13. The van der Waals surface area contributed by atoms with Gasteiger partial charge in [0, 0.05) is 19.5 Å². The van der Waals surface area contributed by atoms with Crippen molar-refractivity contribution in [3.8, 4) is 11.5 Å². The zero-order chi connectivity index (χ0) is 23.1. The molecule has 3 N–H and O–H groups in total. The SMILES string of the molecule is O=C(O)C(F)(F)F.O=C(O)CCNCc1cccc(OCCCOc2ccccc2)c1. The lowest BCUT2D eigenvalue weighted by Crippen LogP contribution is -2.21. The molecule has 0 saturated carbocycles. The van der Waals surface area contributed by atoms with Gasteiger partial charge in [-0.2, -0.15) is 13.2 Å². The minimum absolute atomic E-state index is 0.123. The maximum Gasteiger partial charge on any atom is 0.490 e. The van der Waals surface area contributed by atoms with Crippen LogP contribution in [0.25, 0.3) is 0 Å². The zero-order valence-electron chi connectivity index (χ0n) is 16.6. The molecule has 0 atom stereocenters. The number of ether oxygens (including phenoxy) is 2. The van der Waals surface area contributed by atoms with Gasteiger partial charge in [0.05, 0.1) is 19.6 Å². The first-order valence-electron chi connectivity index (χ1n) is 9.30. The van der Waals surface area contributed by atoms with E-state index >= 15 is 0 Å². The van der Waals surface area contributed by atoms with Crippen molar-refractivity contribution in [3.63, 3.8) is 0 Å². The van der Waals surface area contributed by atoms with Gasteiger partial charge in [-0.1, -0.05) is 30.3 Å². The third kappa shape index (κ3) is 12.8. The van der Waals surface area contributed by atoms with E-state index in [1.807, 2.05) is 54.6 Å². The minimum Gasteiger partial charge on any atom is -0.493 e. The van der Waals surface area contributed by atoms with E-state index in [0.29, 0.717) is 26.3 Å². The zero-order valence-corrected chi connectivity index (χ0v) is 16.6. The third-order valence-corrected chi connectivity index (χ3v) is 3.56. The third-order valence-electron chi connectivity index (χ3n) is 3.56. The number of halogens is 3. The molecule has 31 heavy (non-hydrogen) atoms. The van der Waals surface area contributed by atoms with Crippen LogP contribution in [0.1, 0.15) is 18.4 Å². The van der Waals surface area contributed by atoms with E-state index < -0.39 is 18.1 Å². The molecule has 7 nitrogen and oxygen atoms in total. The highest BCUT2D eigenvalue weighted by molar-refractivity contribution is 5.73. The summed E-state index contributed by atoms with van der Waals surface area (Å²) in [4.78, 5) is 19.4. The molecule has 0 bridgehead atoms. The monoisotopic (exact) mass is 443 g/mol. The second kappa shape index (κ2) is 13.9. The molecule has 2 aromatic rings. The molecule has 0 radical (unpaired) electrons. The molecular formula is C21H24F3NO6. The van der Waals surface area contributed by atoms with Crippen LogP contribution in [0.4, 0.5) is 13.2 Å². The fraction of sp³-hybridized carbons (Fsp3) is 0.333. The maximum atomic E-state index is 10.6. The number of carboxylic acid groups (broad SMARTS) is 2. The summed E-state index contributed by atoms with van der Waals surface area (Å²) >= 11 is 0. The lowest BCUT2D eigenvalue weighted by atomic mass is 10.2. The van der Waals surface area contributed by atoms with Crippen LogP contribution in [-0.2, 0) is 16.1 Å². The number of para-hydroxylation sites is 1. The van der Waals surface area contributed by atoms with Gasteiger partial charge in [0.15, 0.2) is 0 Å². The summed E-state index contributed by atoms with van der Waals surface area (Å²) in [7, 11) is 0. The Morgan fingerprint density at radius 2 is 1.48 bits per heavy atom. The molecule has 170 valence electrons. The van der Waals surface area contributed by atoms with Crippen LogP contribution in [0, 0.1) is 0 Å². The van der Waals surface area contributed by atoms with Crippen LogP contribution in [0.5, 0.6) is 11.5 Å². The number of carbonyl (C=O) groups is 2. The summed E-state index contributed by atoms with van der Waals surface area (Å²) in [6.45, 7) is 2.28. The summed E-state index contributed by atoms with van der Waals surface area (Å²) in [5, 5.41) is 18.8. The first-order chi connectivity index (χ1) is 14.7. The Bertz CT molecular complexity index is 799. The van der Waals surface area contributed by atoms with Crippen molar-refractivity contribution in [2.24, 2.45) is 0 Å². The van der Waals surface area contributed by atoms with Crippen molar-refractivity contribution in [1.29, 1.82) is 0 Å². The molecular weight excluding hydrogens is 419 g/mol. The highest BCUT2D eigenvalue weighted by Crippen LogP contribution is 2.14. The molecule has 2 aromatic carbocycles. The molecule has 0 aliphatic heterocycles. The van der Waals surface area contributed by atoms with E-state index in [4.69, 9.17) is 24.5 Å². The van der Waals surface area contributed by atoms with Gasteiger partial charge in [-0.25, -0.2) is 4.79 Å². The van der Waals surface area contributed by atoms with E-state index in [0.717, 1.165) is 23.5 Å². The van der Waals surface area contributed by atoms with Gasteiger partial charge in [0.2, 0.25) is 0 Å². The summed E-state index contributed by atoms with van der Waals surface area (Å²) < 4.78 is 43.1. The van der Waals surface area contributed by atoms with Crippen molar-refractivity contribution in [2.75, 3.05) is 19.8 Å². The quantitative estimate of drug-likeness (QED) is 0.455. The van der Waals surface area contributed by atoms with Crippen LogP contribution < -0.4 is 14.8 Å². The topological polar surface area (TPSA) is 105 Å². The van der Waals surface area contributed by atoms with E-state index in [-0.39, 0.29) is 6.42 Å². The van der Waals surface area contributed by atoms with E-state index in [2.05, 4.69) is 5.32 Å². The normalized spacial score (nSPS) is 10.5. The van der Waals surface area contributed by atoms with Crippen LogP contribution in [0.2, 0.25) is 0 Å².